The molecule has 148 valence electrons. The fraction of sp³-hybridized carbons (Fsp3) is 0. The van der Waals surface area contributed by atoms with Crippen LogP contribution >= 0.6 is 24.4 Å². The number of isothiocyanates is 2. The molecule has 2 rings (SSSR count). The van der Waals surface area contributed by atoms with Crippen LogP contribution in [0.5, 0.6) is 0 Å². The second kappa shape index (κ2) is 12.6. The summed E-state index contributed by atoms with van der Waals surface area (Å²) in [5, 5.41) is 4.16. The van der Waals surface area contributed by atoms with Crippen molar-refractivity contribution >= 4 is 78.5 Å². The molecular formula is C16H12N2Na2O6S4. The molecule has 0 atom stereocenters. The number of rotatable bonds is 6. The Labute approximate surface area is 231 Å². The van der Waals surface area contributed by atoms with Crippen molar-refractivity contribution in [3.63, 3.8) is 0 Å². The van der Waals surface area contributed by atoms with E-state index in [1.54, 1.807) is 0 Å². The van der Waals surface area contributed by atoms with Gasteiger partial charge in [-0.1, -0.05) is 24.3 Å². The Bertz CT molecular complexity index is 1190. The van der Waals surface area contributed by atoms with E-state index in [1.165, 1.54) is 36.4 Å². The van der Waals surface area contributed by atoms with Crippen LogP contribution in [-0.2, 0) is 20.2 Å². The Morgan fingerprint density at radius 2 is 1.10 bits per heavy atom. The molecule has 0 saturated heterocycles. The third kappa shape index (κ3) is 8.27. The smallest absolute Gasteiger partial charge is 1.00 e. The molecule has 0 radical (unpaired) electrons. The molecule has 0 aromatic heterocycles. The number of hydrogen-bond acceptors (Lipinski definition) is 8. The topological polar surface area (TPSA) is 133 Å². The first-order valence-corrected chi connectivity index (χ1v) is 10.8. The summed E-state index contributed by atoms with van der Waals surface area (Å²) in [5.41, 5.74) is 0.405. The second-order valence-corrected chi connectivity index (χ2v) is 8.28. The van der Waals surface area contributed by atoms with Gasteiger partial charge in [0.05, 0.1) is 21.7 Å². The molecule has 2 aromatic rings. The van der Waals surface area contributed by atoms with E-state index in [2.05, 4.69) is 44.7 Å². The molecule has 0 heterocycles. The molecule has 0 aliphatic heterocycles. The predicted octanol–water partition coefficient (Wildman–Crippen LogP) is -1.95. The molecule has 8 nitrogen and oxygen atoms in total. The number of aliphatic imine (C=N–C) groups is 2. The van der Waals surface area contributed by atoms with Crippen molar-refractivity contribution in [1.82, 2.24) is 0 Å². The van der Waals surface area contributed by atoms with Crippen LogP contribution in [0.4, 0.5) is 11.4 Å². The minimum absolute atomic E-state index is 0. The maximum absolute atomic E-state index is 11.6. The maximum atomic E-state index is 11.6. The van der Waals surface area contributed by atoms with Crippen molar-refractivity contribution in [3.8, 4) is 0 Å². The summed E-state index contributed by atoms with van der Waals surface area (Å²) in [7, 11) is -9.21. The van der Waals surface area contributed by atoms with Crippen LogP contribution < -0.4 is 59.1 Å². The van der Waals surface area contributed by atoms with Crippen LogP contribution in [0.2, 0.25) is 0 Å². The molecule has 0 spiro atoms. The van der Waals surface area contributed by atoms with Gasteiger partial charge in [0.15, 0.2) is 0 Å². The molecule has 0 amide bonds. The van der Waals surface area contributed by atoms with Crippen LogP contribution in [0.3, 0.4) is 0 Å². The van der Waals surface area contributed by atoms with Crippen LogP contribution in [0.15, 0.2) is 56.2 Å². The number of benzene rings is 2. The molecule has 14 heteroatoms. The van der Waals surface area contributed by atoms with Crippen molar-refractivity contribution in [2.45, 2.75) is 9.79 Å². The molecule has 30 heavy (non-hydrogen) atoms. The number of hydrogen-bond donors (Lipinski definition) is 2. The van der Waals surface area contributed by atoms with E-state index in [0.717, 1.165) is 12.1 Å². The minimum Gasteiger partial charge on any atom is -1.00 e. The normalized spacial score (nSPS) is 10.9. The largest absolute Gasteiger partial charge is 1.00 e. The van der Waals surface area contributed by atoms with Gasteiger partial charge in [0.25, 0.3) is 20.2 Å². The third-order valence-electron chi connectivity index (χ3n) is 3.34. The molecule has 0 aliphatic rings. The summed E-state index contributed by atoms with van der Waals surface area (Å²) in [5.74, 6) is 0. The summed E-state index contributed by atoms with van der Waals surface area (Å²) < 4.78 is 65.4. The van der Waals surface area contributed by atoms with Gasteiger partial charge in [-0.05, 0) is 59.8 Å². The van der Waals surface area contributed by atoms with E-state index in [0.29, 0.717) is 0 Å². The Kier molecular flexibility index (Phi) is 12.4. The maximum Gasteiger partial charge on any atom is 1.00 e. The molecule has 0 unspecified atom stereocenters. The Morgan fingerprint density at radius 1 is 0.767 bits per heavy atom. The van der Waals surface area contributed by atoms with Gasteiger partial charge in [0, 0.05) is 0 Å². The minimum atomic E-state index is -4.61. The SMILES string of the molecule is O=S(=O)(O)c1cc(N=C=S)ccc1C=Cc1ccc(N=C=S)cc1S(=O)(=O)O.[H-].[H-].[Na+].[Na+]. The van der Waals surface area contributed by atoms with E-state index in [-0.39, 0.29) is 84.5 Å². The van der Waals surface area contributed by atoms with Crippen LogP contribution in [0.1, 0.15) is 14.0 Å². The quantitative estimate of drug-likeness (QED) is 0.153. The van der Waals surface area contributed by atoms with Crippen molar-refractivity contribution in [2.75, 3.05) is 0 Å². The summed E-state index contributed by atoms with van der Waals surface area (Å²) >= 11 is 8.91. The number of nitrogens with zero attached hydrogens (tertiary/aromatic N) is 2. The van der Waals surface area contributed by atoms with Crippen LogP contribution in [0.25, 0.3) is 12.2 Å². The molecule has 2 N–H and O–H groups in total. The average Bonchev–Trinajstić information content (AvgIpc) is 2.60. The van der Waals surface area contributed by atoms with E-state index >= 15 is 0 Å². The van der Waals surface area contributed by atoms with Crippen LogP contribution in [-0.4, -0.2) is 36.3 Å². The zero-order valence-corrected chi connectivity index (χ0v) is 22.9. The van der Waals surface area contributed by atoms with Gasteiger partial charge < -0.3 is 2.85 Å². The number of thiocarbonyl (C=S) groups is 2. The predicted molar refractivity (Wildman–Crippen MR) is 113 cm³/mol. The van der Waals surface area contributed by atoms with Crippen molar-refractivity contribution < 1.29 is 87.9 Å². The average molecular weight is 503 g/mol. The third-order valence-corrected chi connectivity index (χ3v) is 5.34. The first-order chi connectivity index (χ1) is 13.1. The molecule has 0 fully saturated rings. The fourth-order valence-corrected chi connectivity index (χ4v) is 3.81. The van der Waals surface area contributed by atoms with Gasteiger partial charge in [-0.15, -0.1) is 0 Å². The van der Waals surface area contributed by atoms with Gasteiger partial charge >= 0.3 is 59.1 Å². The van der Waals surface area contributed by atoms with Crippen molar-refractivity contribution in [1.29, 1.82) is 0 Å². The Morgan fingerprint density at radius 3 is 1.37 bits per heavy atom. The van der Waals surface area contributed by atoms with Gasteiger partial charge in [-0.2, -0.15) is 26.8 Å². The van der Waals surface area contributed by atoms with E-state index in [9.17, 15) is 25.9 Å². The zero-order chi connectivity index (χ0) is 20.9. The van der Waals surface area contributed by atoms with Crippen LogP contribution in [0, 0.1) is 0 Å². The zero-order valence-electron chi connectivity index (χ0n) is 17.7. The van der Waals surface area contributed by atoms with Gasteiger partial charge in [-0.3, -0.25) is 9.11 Å². The summed E-state index contributed by atoms with van der Waals surface area (Å²) in [6.07, 6.45) is 2.50. The van der Waals surface area contributed by atoms with Crippen molar-refractivity contribution in [3.05, 3.63) is 47.5 Å². The molecule has 0 bridgehead atoms. The molecule has 0 aliphatic carbocycles. The Balaban J connectivity index is -0.00000210. The van der Waals surface area contributed by atoms with E-state index < -0.39 is 30.0 Å². The second-order valence-electron chi connectivity index (χ2n) is 5.13. The molecule has 0 saturated carbocycles. The van der Waals surface area contributed by atoms with Gasteiger partial charge in [-0.25, -0.2) is 0 Å². The summed E-state index contributed by atoms with van der Waals surface area (Å²) in [6, 6.07) is 7.68. The molecular weight excluding hydrogens is 490 g/mol. The van der Waals surface area contributed by atoms with Crippen molar-refractivity contribution in [2.24, 2.45) is 9.98 Å². The van der Waals surface area contributed by atoms with Gasteiger partial charge in [0.2, 0.25) is 0 Å². The first-order valence-electron chi connectivity index (χ1n) is 7.13. The van der Waals surface area contributed by atoms with Gasteiger partial charge in [0.1, 0.15) is 9.79 Å². The standard InChI is InChI=1S/C16H10N2O6S4.2Na.2H/c19-27(20,21)15-7-13(17-9-25)5-3-11(15)1-2-12-4-6-14(18-10-26)8-16(12)28(22,23)24;;;;/h1-8H,(H,19,20,21)(H,22,23,24);;;;/q;2*+1;2*-1. The summed E-state index contributed by atoms with van der Waals surface area (Å²) in [6.45, 7) is 0. The fourth-order valence-electron chi connectivity index (χ4n) is 2.19. The Hall–Kier alpha value is -0.400. The van der Waals surface area contributed by atoms with E-state index in [1.807, 2.05) is 0 Å². The molecule has 2 aromatic carbocycles. The van der Waals surface area contributed by atoms with E-state index in [4.69, 9.17) is 0 Å². The summed E-state index contributed by atoms with van der Waals surface area (Å²) in [4.78, 5) is 6.35. The monoisotopic (exact) mass is 502 g/mol. The first kappa shape index (κ1) is 29.6.